The normalized spacial score (nSPS) is 24.9. The number of hydrogen-bond acceptors (Lipinski definition) is 5. The van der Waals surface area contributed by atoms with E-state index in [4.69, 9.17) is 27.9 Å². The number of aromatic nitrogens is 3. The van der Waals surface area contributed by atoms with Gasteiger partial charge in [-0.05, 0) is 11.6 Å². The van der Waals surface area contributed by atoms with Crippen molar-refractivity contribution in [2.45, 2.75) is 18.6 Å². The predicted octanol–water partition coefficient (Wildman–Crippen LogP) is 2.45. The molecule has 2 aromatic heterocycles. The van der Waals surface area contributed by atoms with Gasteiger partial charge >= 0.3 is 0 Å². The molecular formula is C12H9Cl2FN4O. The van der Waals surface area contributed by atoms with E-state index < -0.39 is 5.82 Å². The topological polar surface area (TPSA) is 51.1 Å². The maximum Gasteiger partial charge on any atom is 0.225 e. The number of anilines is 1. The second-order valence-corrected chi connectivity index (χ2v) is 5.66. The Morgan fingerprint density at radius 3 is 2.65 bits per heavy atom. The Morgan fingerprint density at radius 2 is 1.95 bits per heavy atom. The number of pyridine rings is 1. The highest BCUT2D eigenvalue weighted by molar-refractivity contribution is 6.30. The van der Waals surface area contributed by atoms with Gasteiger partial charge in [0.25, 0.3) is 0 Å². The molecule has 104 valence electrons. The van der Waals surface area contributed by atoms with Gasteiger partial charge in [0, 0.05) is 25.7 Å². The molecule has 8 heteroatoms. The van der Waals surface area contributed by atoms with Crippen molar-refractivity contribution in [2.24, 2.45) is 0 Å². The van der Waals surface area contributed by atoms with Crippen molar-refractivity contribution in [3.63, 3.8) is 0 Å². The molecule has 3 saturated heterocycles. The summed E-state index contributed by atoms with van der Waals surface area (Å²) in [5.41, 5.74) is 0.0974. The van der Waals surface area contributed by atoms with Gasteiger partial charge in [0.05, 0.1) is 17.6 Å². The smallest absolute Gasteiger partial charge is 0.225 e. The number of nitrogens with zero attached hydrogens (tertiary/aromatic N) is 4. The molecule has 2 atom stereocenters. The zero-order valence-corrected chi connectivity index (χ0v) is 11.7. The fourth-order valence-corrected chi connectivity index (χ4v) is 3.07. The number of ether oxygens (including phenoxy) is 1. The summed E-state index contributed by atoms with van der Waals surface area (Å²) in [6.45, 7) is 1.42. The molecule has 0 N–H and O–H groups in total. The molecule has 3 aliphatic heterocycles. The van der Waals surface area contributed by atoms with Gasteiger partial charge in [0.15, 0.2) is 11.0 Å². The molecule has 0 aromatic carbocycles. The Kier molecular flexibility index (Phi) is 2.73. The van der Waals surface area contributed by atoms with Crippen LogP contribution in [-0.4, -0.2) is 40.2 Å². The van der Waals surface area contributed by atoms with Gasteiger partial charge in [0.2, 0.25) is 5.28 Å². The molecule has 2 unspecified atom stereocenters. The van der Waals surface area contributed by atoms with E-state index in [-0.39, 0.29) is 28.2 Å². The number of hydrogen-bond donors (Lipinski definition) is 0. The SMILES string of the molecule is Fc1c(Cl)ncc2c(N3CC4CC(C3)O4)nc(Cl)nc12. The van der Waals surface area contributed by atoms with Gasteiger partial charge in [0.1, 0.15) is 11.3 Å². The molecule has 0 aliphatic carbocycles. The average Bonchev–Trinajstić information content (AvgIpc) is 2.42. The highest BCUT2D eigenvalue weighted by Gasteiger charge is 2.39. The molecule has 2 bridgehead atoms. The van der Waals surface area contributed by atoms with Gasteiger partial charge in [-0.1, -0.05) is 11.6 Å². The van der Waals surface area contributed by atoms with E-state index >= 15 is 0 Å². The lowest BCUT2D eigenvalue weighted by atomic mass is 9.98. The summed E-state index contributed by atoms with van der Waals surface area (Å²) in [6.07, 6.45) is 2.96. The molecule has 20 heavy (non-hydrogen) atoms. The van der Waals surface area contributed by atoms with Crippen molar-refractivity contribution in [1.82, 2.24) is 15.0 Å². The van der Waals surface area contributed by atoms with Crippen LogP contribution in [0.4, 0.5) is 10.2 Å². The number of rotatable bonds is 1. The molecule has 5 rings (SSSR count). The van der Waals surface area contributed by atoms with Crippen LogP contribution in [0, 0.1) is 5.82 Å². The minimum atomic E-state index is -0.673. The third-order valence-corrected chi connectivity index (χ3v) is 4.09. The molecule has 2 aromatic rings. The molecule has 5 heterocycles. The maximum absolute atomic E-state index is 14.0. The summed E-state index contributed by atoms with van der Waals surface area (Å²) in [7, 11) is 0. The van der Waals surface area contributed by atoms with Crippen molar-refractivity contribution in [1.29, 1.82) is 0 Å². The summed E-state index contributed by atoms with van der Waals surface area (Å²) >= 11 is 11.6. The van der Waals surface area contributed by atoms with Gasteiger partial charge in [-0.15, -0.1) is 0 Å². The highest BCUT2D eigenvalue weighted by Crippen LogP contribution is 2.34. The maximum atomic E-state index is 14.0. The van der Waals surface area contributed by atoms with Crippen LogP contribution in [0.25, 0.3) is 10.9 Å². The van der Waals surface area contributed by atoms with Crippen molar-refractivity contribution in [3.8, 4) is 0 Å². The van der Waals surface area contributed by atoms with Crippen molar-refractivity contribution >= 4 is 39.9 Å². The monoisotopic (exact) mass is 314 g/mol. The van der Waals surface area contributed by atoms with Gasteiger partial charge in [-0.3, -0.25) is 0 Å². The van der Waals surface area contributed by atoms with Crippen LogP contribution >= 0.6 is 23.2 Å². The van der Waals surface area contributed by atoms with Gasteiger partial charge in [-0.25, -0.2) is 14.4 Å². The number of fused-ring (bicyclic) bond motifs is 3. The summed E-state index contributed by atoms with van der Waals surface area (Å²) < 4.78 is 19.6. The van der Waals surface area contributed by atoms with E-state index in [1.54, 1.807) is 0 Å². The van der Waals surface area contributed by atoms with Gasteiger partial charge in [-0.2, -0.15) is 4.98 Å². The van der Waals surface area contributed by atoms with Crippen molar-refractivity contribution < 1.29 is 9.13 Å². The second kappa shape index (κ2) is 4.38. The summed E-state index contributed by atoms with van der Waals surface area (Å²) in [5.74, 6) is -0.0887. The van der Waals surface area contributed by atoms with Crippen LogP contribution in [0.15, 0.2) is 6.20 Å². The first-order chi connectivity index (χ1) is 9.61. The lowest BCUT2D eigenvalue weighted by Gasteiger charge is -2.47. The van der Waals surface area contributed by atoms with Crippen LogP contribution < -0.4 is 4.90 Å². The predicted molar refractivity (Wildman–Crippen MR) is 72.8 cm³/mol. The minimum absolute atomic E-state index is 0.00571. The van der Waals surface area contributed by atoms with Crippen molar-refractivity contribution in [2.75, 3.05) is 18.0 Å². The third kappa shape index (κ3) is 1.82. The Labute approximate surface area is 123 Å². The number of halogens is 3. The van der Waals surface area contributed by atoms with E-state index in [2.05, 4.69) is 15.0 Å². The average molecular weight is 315 g/mol. The van der Waals surface area contributed by atoms with E-state index in [1.807, 2.05) is 4.90 Å². The standard InChI is InChI=1S/C12H9Cl2FN4O/c13-10-8(15)9-7(2-16-10)11(18-12(14)17-9)19-3-5-1-6(4-19)20-5/h2,5-6H,1,3-4H2. The largest absolute Gasteiger partial charge is 0.371 e. The molecule has 3 fully saturated rings. The molecule has 3 aliphatic rings. The first kappa shape index (κ1) is 12.5. The lowest BCUT2D eigenvalue weighted by molar-refractivity contribution is -0.133. The first-order valence-corrected chi connectivity index (χ1v) is 6.95. The number of morpholine rings is 1. The fraction of sp³-hybridized carbons (Fsp3) is 0.417. The van der Waals surface area contributed by atoms with E-state index in [9.17, 15) is 4.39 Å². The molecule has 0 spiro atoms. The molecule has 0 amide bonds. The van der Waals surface area contributed by atoms with Crippen LogP contribution in [-0.2, 0) is 4.74 Å². The van der Waals surface area contributed by atoms with Gasteiger partial charge < -0.3 is 9.64 Å². The Bertz CT molecular complexity index is 697. The van der Waals surface area contributed by atoms with E-state index in [0.717, 1.165) is 6.42 Å². The molecular weight excluding hydrogens is 306 g/mol. The zero-order chi connectivity index (χ0) is 13.9. The summed E-state index contributed by atoms with van der Waals surface area (Å²) in [4.78, 5) is 14.0. The quantitative estimate of drug-likeness (QED) is 0.598. The zero-order valence-electron chi connectivity index (χ0n) is 10.2. The highest BCUT2D eigenvalue weighted by atomic mass is 35.5. The van der Waals surface area contributed by atoms with E-state index in [1.165, 1.54) is 6.20 Å². The molecule has 5 nitrogen and oxygen atoms in total. The van der Waals surface area contributed by atoms with E-state index in [0.29, 0.717) is 24.3 Å². The molecule has 0 saturated carbocycles. The Balaban J connectivity index is 1.88. The summed E-state index contributed by atoms with van der Waals surface area (Å²) in [6, 6.07) is 0. The van der Waals surface area contributed by atoms with Crippen LogP contribution in [0.1, 0.15) is 6.42 Å². The van der Waals surface area contributed by atoms with Crippen molar-refractivity contribution in [3.05, 3.63) is 22.5 Å². The Hall–Kier alpha value is -1.24. The third-order valence-electron chi connectivity index (χ3n) is 3.65. The van der Waals surface area contributed by atoms with Crippen LogP contribution in [0.3, 0.4) is 0 Å². The molecule has 0 radical (unpaired) electrons. The Morgan fingerprint density at radius 1 is 1.25 bits per heavy atom. The minimum Gasteiger partial charge on any atom is -0.371 e. The summed E-state index contributed by atoms with van der Waals surface area (Å²) in [5, 5.41) is 0.287. The second-order valence-electron chi connectivity index (χ2n) is 4.96. The fourth-order valence-electron chi connectivity index (χ4n) is 2.76. The lowest BCUT2D eigenvalue weighted by Crippen LogP contribution is -2.57. The number of piperidine rings is 1. The van der Waals surface area contributed by atoms with Crippen LogP contribution in [0.2, 0.25) is 10.4 Å². The first-order valence-electron chi connectivity index (χ1n) is 6.19. The van der Waals surface area contributed by atoms with Crippen LogP contribution in [0.5, 0.6) is 0 Å².